The Balaban J connectivity index is 1.48. The molecule has 1 heterocycles. The van der Waals surface area contributed by atoms with Gasteiger partial charge in [-0.15, -0.1) is 0 Å². The molecule has 104 valence electrons. The molecule has 0 saturated heterocycles. The summed E-state index contributed by atoms with van der Waals surface area (Å²) in [6.07, 6.45) is 2.66. The van der Waals surface area contributed by atoms with E-state index < -0.39 is 0 Å². The second-order valence-corrected chi connectivity index (χ2v) is 4.80. The maximum absolute atomic E-state index is 11.7. The number of para-hydroxylation sites is 1. The molecule has 1 saturated carbocycles. The molecule has 2 aromatic rings. The number of nitrogens with one attached hydrogen (secondary N) is 2. The normalized spacial score (nSPS) is 14.0. The Bertz CT molecular complexity index is 578. The second-order valence-electron chi connectivity index (χ2n) is 4.80. The average molecular weight is 272 g/mol. The van der Waals surface area contributed by atoms with E-state index in [9.17, 15) is 4.79 Å². The minimum absolute atomic E-state index is 0.117. The van der Waals surface area contributed by atoms with Crippen LogP contribution in [0.4, 0.5) is 5.69 Å². The number of carbonyl (C=O) groups is 1. The maximum atomic E-state index is 11.7. The number of rotatable bonds is 6. The molecule has 1 aromatic heterocycles. The third kappa shape index (κ3) is 3.34. The van der Waals surface area contributed by atoms with Crippen molar-refractivity contribution in [3.8, 4) is 0 Å². The van der Waals surface area contributed by atoms with Gasteiger partial charge in [0.1, 0.15) is 0 Å². The molecule has 1 fully saturated rings. The molecule has 0 bridgehead atoms. The maximum Gasteiger partial charge on any atom is 0.292 e. The predicted octanol–water partition coefficient (Wildman–Crippen LogP) is 1.62. The van der Waals surface area contributed by atoms with E-state index in [2.05, 4.69) is 20.8 Å². The summed E-state index contributed by atoms with van der Waals surface area (Å²) in [7, 11) is 0. The van der Waals surface area contributed by atoms with Crippen LogP contribution in [0.25, 0.3) is 0 Å². The van der Waals surface area contributed by atoms with Crippen LogP contribution in [0.5, 0.6) is 0 Å². The summed E-state index contributed by atoms with van der Waals surface area (Å²) < 4.78 is 5.06. The molecule has 0 aliphatic heterocycles. The highest BCUT2D eigenvalue weighted by Crippen LogP contribution is 2.18. The van der Waals surface area contributed by atoms with Crippen LogP contribution in [-0.4, -0.2) is 28.6 Å². The fraction of sp³-hybridized carbons (Fsp3) is 0.357. The molecule has 0 unspecified atom stereocenters. The SMILES string of the molecule is O=C(NC1CC1)c1noc(CCNc2ccccc2)n1. The lowest BCUT2D eigenvalue weighted by Gasteiger charge is -2.02. The highest BCUT2D eigenvalue weighted by atomic mass is 16.5. The minimum Gasteiger partial charge on any atom is -0.385 e. The van der Waals surface area contributed by atoms with Crippen LogP contribution in [0.3, 0.4) is 0 Å². The third-order valence-corrected chi connectivity index (χ3v) is 3.03. The first-order chi connectivity index (χ1) is 9.81. The molecule has 1 aliphatic rings. The zero-order valence-corrected chi connectivity index (χ0v) is 11.0. The molecule has 6 nitrogen and oxygen atoms in total. The smallest absolute Gasteiger partial charge is 0.292 e. The third-order valence-electron chi connectivity index (χ3n) is 3.03. The lowest BCUT2D eigenvalue weighted by Crippen LogP contribution is -2.26. The highest BCUT2D eigenvalue weighted by Gasteiger charge is 2.25. The van der Waals surface area contributed by atoms with Crippen molar-refractivity contribution in [2.24, 2.45) is 0 Å². The first-order valence-electron chi connectivity index (χ1n) is 6.73. The minimum atomic E-state index is -0.251. The standard InChI is InChI=1S/C14H16N4O2/c19-14(16-11-6-7-11)13-17-12(20-18-13)8-9-15-10-4-2-1-3-5-10/h1-5,11,15H,6-9H2,(H,16,19). The summed E-state index contributed by atoms with van der Waals surface area (Å²) in [6.45, 7) is 0.676. The van der Waals surface area contributed by atoms with Gasteiger partial charge in [0.15, 0.2) is 0 Å². The summed E-state index contributed by atoms with van der Waals surface area (Å²) in [5, 5.41) is 9.77. The van der Waals surface area contributed by atoms with Crippen LogP contribution in [0.1, 0.15) is 29.4 Å². The molecule has 0 atom stereocenters. The van der Waals surface area contributed by atoms with E-state index in [1.54, 1.807) is 0 Å². The number of aromatic nitrogens is 2. The van der Waals surface area contributed by atoms with Gasteiger partial charge in [0.25, 0.3) is 11.7 Å². The summed E-state index contributed by atoms with van der Waals surface area (Å²) in [4.78, 5) is 15.8. The molecule has 3 rings (SSSR count). The first kappa shape index (κ1) is 12.7. The van der Waals surface area contributed by atoms with E-state index in [0.29, 0.717) is 24.9 Å². The van der Waals surface area contributed by atoms with Crippen LogP contribution < -0.4 is 10.6 Å². The Morgan fingerprint density at radius 1 is 1.30 bits per heavy atom. The van der Waals surface area contributed by atoms with Gasteiger partial charge in [-0.3, -0.25) is 4.79 Å². The fourth-order valence-corrected chi connectivity index (χ4v) is 1.80. The number of amides is 1. The van der Waals surface area contributed by atoms with E-state index in [0.717, 1.165) is 18.5 Å². The molecule has 1 amide bonds. The molecule has 0 spiro atoms. The van der Waals surface area contributed by atoms with Gasteiger partial charge in [-0.1, -0.05) is 23.4 Å². The van der Waals surface area contributed by atoms with Gasteiger partial charge in [0.2, 0.25) is 5.89 Å². The predicted molar refractivity (Wildman–Crippen MR) is 73.4 cm³/mol. The van der Waals surface area contributed by atoms with Crippen LogP contribution in [0, 0.1) is 0 Å². The molecule has 1 aliphatic carbocycles. The Labute approximate surface area is 116 Å². The van der Waals surface area contributed by atoms with E-state index in [1.807, 2.05) is 30.3 Å². The van der Waals surface area contributed by atoms with Crippen molar-refractivity contribution in [1.82, 2.24) is 15.5 Å². The summed E-state index contributed by atoms with van der Waals surface area (Å²) in [5.74, 6) is 0.333. The molecule has 1 aromatic carbocycles. The van der Waals surface area contributed by atoms with Gasteiger partial charge in [0, 0.05) is 24.7 Å². The van der Waals surface area contributed by atoms with Crippen molar-refractivity contribution in [1.29, 1.82) is 0 Å². The number of nitrogens with zero attached hydrogens (tertiary/aromatic N) is 2. The lowest BCUT2D eigenvalue weighted by atomic mass is 10.3. The zero-order valence-electron chi connectivity index (χ0n) is 11.0. The number of carbonyl (C=O) groups excluding carboxylic acids is 1. The fourth-order valence-electron chi connectivity index (χ4n) is 1.80. The van der Waals surface area contributed by atoms with Gasteiger partial charge in [-0.25, -0.2) is 0 Å². The molecule has 6 heteroatoms. The van der Waals surface area contributed by atoms with E-state index in [4.69, 9.17) is 4.52 Å². The Hall–Kier alpha value is -2.37. The lowest BCUT2D eigenvalue weighted by molar-refractivity contribution is 0.0937. The van der Waals surface area contributed by atoms with Gasteiger partial charge in [-0.2, -0.15) is 4.98 Å². The average Bonchev–Trinajstić information content (AvgIpc) is 3.15. The molecule has 20 heavy (non-hydrogen) atoms. The summed E-state index contributed by atoms with van der Waals surface area (Å²) in [5.41, 5.74) is 1.04. The van der Waals surface area contributed by atoms with Gasteiger partial charge in [-0.05, 0) is 25.0 Å². The van der Waals surface area contributed by atoms with Crippen molar-refractivity contribution in [3.05, 3.63) is 42.0 Å². The van der Waals surface area contributed by atoms with Crippen LogP contribution >= 0.6 is 0 Å². The van der Waals surface area contributed by atoms with Gasteiger partial charge >= 0.3 is 0 Å². The molecule has 0 radical (unpaired) electrons. The number of anilines is 1. The topological polar surface area (TPSA) is 80.0 Å². The summed E-state index contributed by atoms with van der Waals surface area (Å²) in [6, 6.07) is 10.2. The largest absolute Gasteiger partial charge is 0.385 e. The van der Waals surface area contributed by atoms with Crippen molar-refractivity contribution < 1.29 is 9.32 Å². The summed E-state index contributed by atoms with van der Waals surface area (Å²) >= 11 is 0. The van der Waals surface area contributed by atoms with E-state index >= 15 is 0 Å². The van der Waals surface area contributed by atoms with E-state index in [1.165, 1.54) is 0 Å². The number of benzene rings is 1. The first-order valence-corrected chi connectivity index (χ1v) is 6.73. The number of hydrogen-bond donors (Lipinski definition) is 2. The number of hydrogen-bond acceptors (Lipinski definition) is 5. The van der Waals surface area contributed by atoms with Crippen molar-refractivity contribution in [2.75, 3.05) is 11.9 Å². The van der Waals surface area contributed by atoms with E-state index in [-0.39, 0.29) is 11.7 Å². The quantitative estimate of drug-likeness (QED) is 0.835. The second kappa shape index (κ2) is 5.73. The van der Waals surface area contributed by atoms with Gasteiger partial charge in [0.05, 0.1) is 0 Å². The Morgan fingerprint density at radius 2 is 2.10 bits per heavy atom. The van der Waals surface area contributed by atoms with Crippen molar-refractivity contribution >= 4 is 11.6 Å². The zero-order chi connectivity index (χ0) is 13.8. The van der Waals surface area contributed by atoms with Crippen molar-refractivity contribution in [3.63, 3.8) is 0 Å². The van der Waals surface area contributed by atoms with Crippen LogP contribution in [0.15, 0.2) is 34.9 Å². The van der Waals surface area contributed by atoms with Crippen molar-refractivity contribution in [2.45, 2.75) is 25.3 Å². The molecule has 2 N–H and O–H groups in total. The Morgan fingerprint density at radius 3 is 2.85 bits per heavy atom. The van der Waals surface area contributed by atoms with Crippen LogP contribution in [-0.2, 0) is 6.42 Å². The molecular formula is C14H16N4O2. The molecular weight excluding hydrogens is 256 g/mol. The highest BCUT2D eigenvalue weighted by molar-refractivity contribution is 5.90. The van der Waals surface area contributed by atoms with Crippen LogP contribution in [0.2, 0.25) is 0 Å². The monoisotopic (exact) mass is 272 g/mol. The Kier molecular flexibility index (Phi) is 3.62. The van der Waals surface area contributed by atoms with Gasteiger partial charge < -0.3 is 15.2 Å².